The van der Waals surface area contributed by atoms with Gasteiger partial charge in [0.2, 0.25) is 5.91 Å². The Hall–Kier alpha value is -2.70. The van der Waals surface area contributed by atoms with Crippen LogP contribution in [-0.2, 0) is 4.79 Å². The third kappa shape index (κ3) is 2.69. The third-order valence-corrected chi connectivity index (χ3v) is 5.47. The lowest BCUT2D eigenvalue weighted by atomic mass is 9.77. The number of amides is 2. The first-order valence-electron chi connectivity index (χ1n) is 8.60. The zero-order valence-electron chi connectivity index (χ0n) is 14.3. The molecule has 0 aromatic carbocycles. The number of carbonyl (C=O) groups excluding carboxylic acids is 2. The largest absolute Gasteiger partial charge is 0.345 e. The van der Waals surface area contributed by atoms with Crippen LogP contribution in [0.4, 0.5) is 0 Å². The quantitative estimate of drug-likeness (QED) is 0.828. The molecule has 0 atom stereocenters. The predicted molar refractivity (Wildman–Crippen MR) is 91.2 cm³/mol. The first-order chi connectivity index (χ1) is 12.1. The fourth-order valence-electron chi connectivity index (χ4n) is 3.86. The predicted octanol–water partition coefficient (Wildman–Crippen LogP) is 1.35. The molecule has 0 aliphatic carbocycles. The lowest BCUT2D eigenvalue weighted by Gasteiger charge is -2.37. The summed E-state index contributed by atoms with van der Waals surface area (Å²) in [5, 5.41) is 4.15. The fourth-order valence-corrected chi connectivity index (χ4v) is 3.86. The molecule has 7 heteroatoms. The van der Waals surface area contributed by atoms with E-state index in [1.54, 1.807) is 35.4 Å². The van der Waals surface area contributed by atoms with Gasteiger partial charge in [0.15, 0.2) is 5.82 Å². The number of likely N-dealkylation sites (tertiary alicyclic amines) is 2. The molecule has 2 saturated heterocycles. The summed E-state index contributed by atoms with van der Waals surface area (Å²) in [4.78, 5) is 33.2. The molecule has 4 rings (SSSR count). The second kappa shape index (κ2) is 5.98. The molecule has 2 amide bonds. The highest BCUT2D eigenvalue weighted by Gasteiger charge is 2.47. The topological polar surface area (TPSA) is 71.3 Å². The summed E-state index contributed by atoms with van der Waals surface area (Å²) >= 11 is 0. The Morgan fingerprint density at radius 2 is 1.92 bits per heavy atom. The average molecular weight is 339 g/mol. The highest BCUT2D eigenvalue weighted by atomic mass is 16.2. The van der Waals surface area contributed by atoms with Crippen LogP contribution >= 0.6 is 0 Å². The molecule has 0 N–H and O–H groups in total. The number of piperidine rings is 1. The smallest absolute Gasteiger partial charge is 0.254 e. The lowest BCUT2D eigenvalue weighted by Crippen LogP contribution is -2.46. The van der Waals surface area contributed by atoms with Gasteiger partial charge in [-0.25, -0.2) is 9.67 Å². The van der Waals surface area contributed by atoms with E-state index in [2.05, 4.69) is 10.1 Å². The van der Waals surface area contributed by atoms with E-state index in [1.165, 1.54) is 0 Å². The van der Waals surface area contributed by atoms with Gasteiger partial charge in [0.25, 0.3) is 5.91 Å². The summed E-state index contributed by atoms with van der Waals surface area (Å²) in [7, 11) is 1.86. The van der Waals surface area contributed by atoms with Crippen molar-refractivity contribution in [2.45, 2.75) is 19.3 Å². The molecule has 1 spiro atoms. The number of rotatable bonds is 2. The van der Waals surface area contributed by atoms with Crippen molar-refractivity contribution in [2.24, 2.45) is 5.41 Å². The number of carbonyl (C=O) groups is 2. The molecular formula is C18H21N5O2. The van der Waals surface area contributed by atoms with E-state index in [1.807, 2.05) is 22.9 Å². The molecule has 2 fully saturated rings. The number of pyridine rings is 1. The molecule has 0 bridgehead atoms. The Morgan fingerprint density at radius 1 is 1.16 bits per heavy atom. The number of nitrogens with zero attached hydrogens (tertiary/aromatic N) is 5. The molecule has 7 nitrogen and oxygen atoms in total. The highest BCUT2D eigenvalue weighted by molar-refractivity contribution is 5.95. The second-order valence-corrected chi connectivity index (χ2v) is 6.90. The summed E-state index contributed by atoms with van der Waals surface area (Å²) in [5.74, 6) is 0.853. The van der Waals surface area contributed by atoms with Crippen LogP contribution in [0.5, 0.6) is 0 Å². The van der Waals surface area contributed by atoms with Crippen molar-refractivity contribution in [1.82, 2.24) is 24.6 Å². The van der Waals surface area contributed by atoms with Gasteiger partial charge in [-0.2, -0.15) is 5.10 Å². The van der Waals surface area contributed by atoms with Crippen molar-refractivity contribution in [2.75, 3.05) is 26.7 Å². The second-order valence-electron chi connectivity index (χ2n) is 6.90. The van der Waals surface area contributed by atoms with Crippen LogP contribution in [-0.4, -0.2) is 63.1 Å². The van der Waals surface area contributed by atoms with Crippen LogP contribution in [0.3, 0.4) is 0 Å². The van der Waals surface area contributed by atoms with Crippen molar-refractivity contribution in [3.8, 4) is 5.82 Å². The minimum absolute atomic E-state index is 0.00976. The Labute approximate surface area is 146 Å². The molecule has 2 aliphatic rings. The van der Waals surface area contributed by atoms with Crippen LogP contribution in [0.15, 0.2) is 36.8 Å². The van der Waals surface area contributed by atoms with E-state index in [-0.39, 0.29) is 17.2 Å². The first kappa shape index (κ1) is 15.8. The van der Waals surface area contributed by atoms with Gasteiger partial charge in [0, 0.05) is 50.8 Å². The molecule has 0 saturated carbocycles. The molecule has 4 heterocycles. The lowest BCUT2D eigenvalue weighted by molar-refractivity contribution is -0.137. The minimum atomic E-state index is -0.246. The summed E-state index contributed by atoms with van der Waals surface area (Å²) in [5.41, 5.74) is 0.357. The van der Waals surface area contributed by atoms with Crippen LogP contribution in [0.1, 0.15) is 29.6 Å². The molecule has 2 aromatic rings. The summed E-state index contributed by atoms with van der Waals surface area (Å²) in [6, 6.07) is 5.30. The summed E-state index contributed by atoms with van der Waals surface area (Å²) < 4.78 is 1.63. The Bertz CT molecular complexity index is 794. The number of hydrogen-bond acceptors (Lipinski definition) is 4. The van der Waals surface area contributed by atoms with Crippen molar-refractivity contribution >= 4 is 11.8 Å². The molecular weight excluding hydrogens is 318 g/mol. The van der Waals surface area contributed by atoms with E-state index in [4.69, 9.17) is 0 Å². The maximum atomic E-state index is 12.8. The highest BCUT2D eigenvalue weighted by Crippen LogP contribution is 2.41. The van der Waals surface area contributed by atoms with Gasteiger partial charge in [-0.3, -0.25) is 9.59 Å². The SMILES string of the molecule is CN1CCC2(CCN(C(=O)c3ccnc(-n4cccn4)c3)CC2)C1=O. The summed E-state index contributed by atoms with van der Waals surface area (Å²) in [6.45, 7) is 2.07. The Balaban J connectivity index is 1.48. The molecule has 2 aliphatic heterocycles. The number of hydrogen-bond donors (Lipinski definition) is 0. The Morgan fingerprint density at radius 3 is 2.56 bits per heavy atom. The molecule has 130 valence electrons. The third-order valence-electron chi connectivity index (χ3n) is 5.47. The Kier molecular flexibility index (Phi) is 3.78. The maximum absolute atomic E-state index is 12.8. The zero-order valence-corrected chi connectivity index (χ0v) is 14.3. The van der Waals surface area contributed by atoms with Crippen LogP contribution < -0.4 is 0 Å². The van der Waals surface area contributed by atoms with E-state index in [0.717, 1.165) is 25.8 Å². The molecule has 25 heavy (non-hydrogen) atoms. The van der Waals surface area contributed by atoms with Crippen molar-refractivity contribution in [3.05, 3.63) is 42.4 Å². The van der Waals surface area contributed by atoms with Gasteiger partial charge in [-0.05, 0) is 37.5 Å². The van der Waals surface area contributed by atoms with Gasteiger partial charge in [-0.15, -0.1) is 0 Å². The van der Waals surface area contributed by atoms with Gasteiger partial charge in [0.05, 0.1) is 5.41 Å². The van der Waals surface area contributed by atoms with Crippen LogP contribution in [0.25, 0.3) is 5.82 Å². The molecule has 2 aromatic heterocycles. The zero-order chi connectivity index (χ0) is 17.4. The summed E-state index contributed by atoms with van der Waals surface area (Å²) in [6.07, 6.45) is 7.51. The van der Waals surface area contributed by atoms with Crippen molar-refractivity contribution in [1.29, 1.82) is 0 Å². The van der Waals surface area contributed by atoms with Crippen LogP contribution in [0.2, 0.25) is 0 Å². The first-order valence-corrected chi connectivity index (χ1v) is 8.60. The monoisotopic (exact) mass is 339 g/mol. The van der Waals surface area contributed by atoms with E-state index in [0.29, 0.717) is 24.5 Å². The van der Waals surface area contributed by atoms with E-state index in [9.17, 15) is 9.59 Å². The normalized spacial score (nSPS) is 19.6. The molecule has 0 radical (unpaired) electrons. The van der Waals surface area contributed by atoms with E-state index >= 15 is 0 Å². The van der Waals surface area contributed by atoms with Crippen molar-refractivity contribution in [3.63, 3.8) is 0 Å². The fraction of sp³-hybridized carbons (Fsp3) is 0.444. The average Bonchev–Trinajstić information content (AvgIpc) is 3.28. The van der Waals surface area contributed by atoms with Crippen LogP contribution in [0, 0.1) is 5.41 Å². The standard InChI is InChI=1S/C18H21N5O2/c1-21-10-4-18(17(21)25)5-11-22(12-6-18)16(24)14-3-8-19-15(13-14)23-9-2-7-20-23/h2-3,7-9,13H,4-6,10-12H2,1H3. The molecule has 0 unspecified atom stereocenters. The number of aromatic nitrogens is 3. The van der Waals surface area contributed by atoms with Gasteiger partial charge < -0.3 is 9.80 Å². The minimum Gasteiger partial charge on any atom is -0.345 e. The van der Waals surface area contributed by atoms with Gasteiger partial charge in [-0.1, -0.05) is 0 Å². The van der Waals surface area contributed by atoms with Gasteiger partial charge >= 0.3 is 0 Å². The van der Waals surface area contributed by atoms with E-state index < -0.39 is 0 Å². The van der Waals surface area contributed by atoms with Crippen molar-refractivity contribution < 1.29 is 9.59 Å². The van der Waals surface area contributed by atoms with Gasteiger partial charge in [0.1, 0.15) is 0 Å². The maximum Gasteiger partial charge on any atom is 0.254 e.